The van der Waals surface area contributed by atoms with E-state index < -0.39 is 5.41 Å². The Bertz CT molecular complexity index is 3380. The molecule has 0 fully saturated rings. The van der Waals surface area contributed by atoms with Crippen LogP contribution < -0.4 is 4.90 Å². The van der Waals surface area contributed by atoms with Gasteiger partial charge in [0.1, 0.15) is 11.2 Å². The molecular formula is C59H39NO. The maximum Gasteiger partial charge on any atom is 0.135 e. The van der Waals surface area contributed by atoms with E-state index in [4.69, 9.17) is 4.42 Å². The van der Waals surface area contributed by atoms with E-state index in [0.717, 1.165) is 55.7 Å². The molecule has 0 aliphatic heterocycles. The van der Waals surface area contributed by atoms with Crippen LogP contribution in [-0.4, -0.2) is 0 Å². The first-order valence-electron chi connectivity index (χ1n) is 21.0. The van der Waals surface area contributed by atoms with Crippen LogP contribution in [0.2, 0.25) is 0 Å². The number of nitrogens with zero attached hydrogens (tertiary/aromatic N) is 1. The Morgan fingerprint density at radius 2 is 0.902 bits per heavy atom. The highest BCUT2D eigenvalue weighted by molar-refractivity contribution is 6.07. The Labute approximate surface area is 355 Å². The van der Waals surface area contributed by atoms with E-state index >= 15 is 0 Å². The van der Waals surface area contributed by atoms with Gasteiger partial charge < -0.3 is 9.32 Å². The van der Waals surface area contributed by atoms with Crippen molar-refractivity contribution in [3.8, 4) is 33.4 Å². The number of anilines is 3. The lowest BCUT2D eigenvalue weighted by Gasteiger charge is -2.35. The molecule has 286 valence electrons. The molecule has 61 heavy (non-hydrogen) atoms. The zero-order valence-corrected chi connectivity index (χ0v) is 33.4. The second-order valence-electron chi connectivity index (χ2n) is 16.0. The summed E-state index contributed by atoms with van der Waals surface area (Å²) in [5, 5.41) is 4.64. The molecule has 12 rings (SSSR count). The maximum atomic E-state index is 6.41. The smallest absolute Gasteiger partial charge is 0.135 e. The number of benzene rings is 10. The first kappa shape index (κ1) is 35.0. The van der Waals surface area contributed by atoms with Crippen molar-refractivity contribution in [2.45, 2.75) is 5.41 Å². The Kier molecular flexibility index (Phi) is 8.11. The van der Waals surface area contributed by atoms with Crippen LogP contribution in [0.3, 0.4) is 0 Å². The van der Waals surface area contributed by atoms with Gasteiger partial charge in [0, 0.05) is 27.7 Å². The third-order valence-corrected chi connectivity index (χ3v) is 12.7. The number of fused-ring (bicyclic) bond motifs is 7. The summed E-state index contributed by atoms with van der Waals surface area (Å²) in [6.45, 7) is 0. The van der Waals surface area contributed by atoms with Crippen molar-refractivity contribution in [3.05, 3.63) is 259 Å². The number of para-hydroxylation sites is 1. The highest BCUT2D eigenvalue weighted by atomic mass is 16.3. The molecule has 1 heterocycles. The fourth-order valence-electron chi connectivity index (χ4n) is 9.98. The SMILES string of the molecule is c1ccc(-c2ccc(-c3ccc4ccccc4c3)cc2N(c2ccc3c(c2)C(c2ccccc2)(c2ccccc2)c2ccccc2-3)c2ccc3oc4ccccc4c3c2)cc1. The van der Waals surface area contributed by atoms with Gasteiger partial charge in [0.05, 0.1) is 11.1 Å². The van der Waals surface area contributed by atoms with E-state index in [1.54, 1.807) is 0 Å². The summed E-state index contributed by atoms with van der Waals surface area (Å²) in [5.41, 5.74) is 16.6. The van der Waals surface area contributed by atoms with Crippen molar-refractivity contribution in [2.75, 3.05) is 4.90 Å². The van der Waals surface area contributed by atoms with Crippen molar-refractivity contribution in [3.63, 3.8) is 0 Å². The van der Waals surface area contributed by atoms with E-state index in [0.29, 0.717) is 0 Å². The summed E-state index contributed by atoms with van der Waals surface area (Å²) in [7, 11) is 0. The zero-order chi connectivity index (χ0) is 40.3. The van der Waals surface area contributed by atoms with E-state index in [2.05, 4.69) is 235 Å². The zero-order valence-electron chi connectivity index (χ0n) is 33.4. The van der Waals surface area contributed by atoms with Crippen LogP contribution in [0.25, 0.3) is 66.1 Å². The highest BCUT2D eigenvalue weighted by Crippen LogP contribution is 2.57. The summed E-state index contributed by atoms with van der Waals surface area (Å²) in [5.74, 6) is 0. The van der Waals surface area contributed by atoms with E-state index in [9.17, 15) is 0 Å². The Hall–Kier alpha value is -7.94. The highest BCUT2D eigenvalue weighted by Gasteiger charge is 2.46. The molecule has 0 atom stereocenters. The molecule has 0 saturated heterocycles. The second-order valence-corrected chi connectivity index (χ2v) is 16.0. The lowest BCUT2D eigenvalue weighted by molar-refractivity contribution is 0.669. The summed E-state index contributed by atoms with van der Waals surface area (Å²) in [6.07, 6.45) is 0. The molecule has 1 aromatic heterocycles. The van der Waals surface area contributed by atoms with E-state index in [1.807, 2.05) is 6.07 Å². The first-order valence-corrected chi connectivity index (χ1v) is 21.0. The van der Waals surface area contributed by atoms with Crippen molar-refractivity contribution in [2.24, 2.45) is 0 Å². The second kappa shape index (κ2) is 14.1. The van der Waals surface area contributed by atoms with Crippen LogP contribution in [0.4, 0.5) is 17.1 Å². The summed E-state index contributed by atoms with van der Waals surface area (Å²) in [6, 6.07) is 86.3. The largest absolute Gasteiger partial charge is 0.456 e. The van der Waals surface area contributed by atoms with Crippen molar-refractivity contribution in [1.29, 1.82) is 0 Å². The third-order valence-electron chi connectivity index (χ3n) is 12.7. The molecule has 1 aliphatic rings. The molecule has 0 amide bonds. The third kappa shape index (κ3) is 5.57. The molecule has 0 bridgehead atoms. The van der Waals surface area contributed by atoms with Gasteiger partial charge in [-0.1, -0.05) is 188 Å². The molecule has 2 nitrogen and oxygen atoms in total. The fourth-order valence-corrected chi connectivity index (χ4v) is 9.98. The number of furan rings is 1. The molecule has 0 saturated carbocycles. The van der Waals surface area contributed by atoms with E-state index in [1.165, 1.54) is 49.7 Å². The van der Waals surface area contributed by atoms with Gasteiger partial charge in [-0.05, 0) is 109 Å². The van der Waals surface area contributed by atoms with Crippen LogP contribution in [-0.2, 0) is 5.41 Å². The molecule has 0 radical (unpaired) electrons. The van der Waals surface area contributed by atoms with Crippen molar-refractivity contribution >= 4 is 49.8 Å². The Balaban J connectivity index is 1.16. The van der Waals surface area contributed by atoms with Crippen molar-refractivity contribution < 1.29 is 4.42 Å². The van der Waals surface area contributed by atoms with Gasteiger partial charge in [0.2, 0.25) is 0 Å². The molecule has 1 aliphatic carbocycles. The van der Waals surface area contributed by atoms with Crippen LogP contribution in [0, 0.1) is 0 Å². The average Bonchev–Trinajstić information content (AvgIpc) is 3.85. The molecule has 11 aromatic rings. The standard InChI is InChI=1S/C59H39NO/c1-4-17-41(18-5-1)49-33-30-44(43-29-28-40-16-10-11-19-42(40)36-43)37-56(49)60(47-32-35-58-53(38-47)52-25-13-15-27-57(52)61-58)48-31-34-51-50-24-12-14-26-54(50)59(55(51)39-48,45-20-6-2-7-21-45)46-22-8-3-9-23-46/h1-39H. The van der Waals surface area contributed by atoms with Crippen LogP contribution in [0.15, 0.2) is 241 Å². The van der Waals surface area contributed by atoms with E-state index in [-0.39, 0.29) is 0 Å². The average molecular weight is 778 g/mol. The predicted molar refractivity (Wildman–Crippen MR) is 254 cm³/mol. The van der Waals surface area contributed by atoms with Gasteiger partial charge >= 0.3 is 0 Å². The Morgan fingerprint density at radius 1 is 0.328 bits per heavy atom. The minimum Gasteiger partial charge on any atom is -0.456 e. The van der Waals surface area contributed by atoms with Gasteiger partial charge in [-0.3, -0.25) is 0 Å². The lowest BCUT2D eigenvalue weighted by atomic mass is 9.67. The summed E-state index contributed by atoms with van der Waals surface area (Å²) in [4.78, 5) is 2.47. The van der Waals surface area contributed by atoms with Gasteiger partial charge in [-0.25, -0.2) is 0 Å². The van der Waals surface area contributed by atoms with Crippen molar-refractivity contribution in [1.82, 2.24) is 0 Å². The first-order chi connectivity index (χ1) is 30.2. The molecule has 0 unspecified atom stereocenters. The number of hydrogen-bond acceptors (Lipinski definition) is 2. The van der Waals surface area contributed by atoms with Crippen LogP contribution in [0.1, 0.15) is 22.3 Å². The molecule has 10 aromatic carbocycles. The van der Waals surface area contributed by atoms with Gasteiger partial charge in [-0.15, -0.1) is 0 Å². The molecular weight excluding hydrogens is 739 g/mol. The number of hydrogen-bond donors (Lipinski definition) is 0. The molecule has 0 spiro atoms. The van der Waals surface area contributed by atoms with Gasteiger partial charge in [0.15, 0.2) is 0 Å². The lowest BCUT2D eigenvalue weighted by Crippen LogP contribution is -2.28. The quantitative estimate of drug-likeness (QED) is 0.160. The predicted octanol–water partition coefficient (Wildman–Crippen LogP) is 15.9. The normalized spacial score (nSPS) is 12.7. The minimum absolute atomic E-state index is 0.546. The minimum atomic E-state index is -0.546. The fraction of sp³-hybridized carbons (Fsp3) is 0.0169. The summed E-state index contributed by atoms with van der Waals surface area (Å²) >= 11 is 0. The molecule has 0 N–H and O–H groups in total. The Morgan fingerprint density at radius 3 is 1.70 bits per heavy atom. The van der Waals surface area contributed by atoms with Gasteiger partial charge in [0.25, 0.3) is 0 Å². The maximum absolute atomic E-state index is 6.41. The summed E-state index contributed by atoms with van der Waals surface area (Å²) < 4.78 is 6.41. The van der Waals surface area contributed by atoms with Gasteiger partial charge in [-0.2, -0.15) is 0 Å². The van der Waals surface area contributed by atoms with Crippen LogP contribution in [0.5, 0.6) is 0 Å². The van der Waals surface area contributed by atoms with Crippen LogP contribution >= 0.6 is 0 Å². The number of rotatable bonds is 7. The monoisotopic (exact) mass is 777 g/mol. The molecule has 2 heteroatoms. The topological polar surface area (TPSA) is 16.4 Å².